The number of carbonyl (C=O) groups is 1. The molecule has 4 nitrogen and oxygen atoms in total. The summed E-state index contributed by atoms with van der Waals surface area (Å²) in [4.78, 5) is 11.3. The summed E-state index contributed by atoms with van der Waals surface area (Å²) in [5, 5.41) is 3.13. The molecule has 0 saturated carbocycles. The highest BCUT2D eigenvalue weighted by Crippen LogP contribution is 2.24. The molecule has 6 heteroatoms. The number of anilines is 1. The van der Waals surface area contributed by atoms with Crippen LogP contribution < -0.4 is 5.32 Å². The van der Waals surface area contributed by atoms with Crippen LogP contribution in [-0.2, 0) is 11.3 Å². The average molecular weight is 342 g/mol. The number of ether oxygens (including phenoxy) is 1. The fraction of sp³-hybridized carbons (Fsp3) is 0.214. The molecular weight excluding hydrogens is 329 g/mol. The third kappa shape index (κ3) is 3.19. The first-order valence-electron chi connectivity index (χ1n) is 5.86. The highest BCUT2D eigenvalue weighted by atomic mass is 79.9. The maximum atomic E-state index is 13.3. The van der Waals surface area contributed by atoms with Crippen molar-refractivity contribution in [3.8, 4) is 0 Å². The summed E-state index contributed by atoms with van der Waals surface area (Å²) < 4.78 is 23.5. The van der Waals surface area contributed by atoms with E-state index in [0.717, 1.165) is 11.3 Å². The minimum Gasteiger partial charge on any atom is -0.467 e. The summed E-state index contributed by atoms with van der Waals surface area (Å²) in [6.07, 6.45) is 1.34. The zero-order chi connectivity index (χ0) is 14.7. The molecule has 0 radical (unpaired) electrons. The number of rotatable bonds is 4. The number of hydrogen-bond donors (Lipinski definition) is 1. The van der Waals surface area contributed by atoms with Gasteiger partial charge in [-0.2, -0.15) is 0 Å². The maximum Gasteiger partial charge on any atom is 0.341 e. The van der Waals surface area contributed by atoms with Crippen molar-refractivity contribution in [2.24, 2.45) is 0 Å². The smallest absolute Gasteiger partial charge is 0.341 e. The van der Waals surface area contributed by atoms with Crippen LogP contribution in [0.5, 0.6) is 0 Å². The monoisotopic (exact) mass is 341 g/mol. The summed E-state index contributed by atoms with van der Waals surface area (Å²) in [5.74, 6) is -0.162. The molecule has 0 amide bonds. The molecule has 0 atom stereocenters. The van der Waals surface area contributed by atoms with Gasteiger partial charge in [0.2, 0.25) is 0 Å². The molecular formula is C14H13BrFNO3. The Morgan fingerprint density at radius 2 is 2.20 bits per heavy atom. The van der Waals surface area contributed by atoms with E-state index < -0.39 is 5.97 Å². The largest absolute Gasteiger partial charge is 0.467 e. The van der Waals surface area contributed by atoms with Gasteiger partial charge < -0.3 is 14.5 Å². The number of halogens is 2. The minimum absolute atomic E-state index is 0.306. The van der Waals surface area contributed by atoms with Gasteiger partial charge in [-0.3, -0.25) is 0 Å². The van der Waals surface area contributed by atoms with Gasteiger partial charge in [-0.25, -0.2) is 9.18 Å². The highest BCUT2D eigenvalue weighted by Gasteiger charge is 2.11. The van der Waals surface area contributed by atoms with Gasteiger partial charge in [-0.15, -0.1) is 0 Å². The number of aryl methyl sites for hydroxylation is 1. The van der Waals surface area contributed by atoms with Gasteiger partial charge in [0.05, 0.1) is 23.7 Å². The molecule has 1 aromatic carbocycles. The standard InChI is InChI=1S/C14H13BrFNO3/c1-8-3-12(16)11(15)5-13(8)17-6-10-4-9(7-20-10)14(18)19-2/h3-5,7,17H,6H2,1-2H3. The SMILES string of the molecule is COC(=O)c1coc(CNc2cc(Br)c(F)cc2C)c1. The first kappa shape index (κ1) is 14.6. The van der Waals surface area contributed by atoms with Crippen LogP contribution in [0.15, 0.2) is 33.4 Å². The Bertz CT molecular complexity index is 639. The lowest BCUT2D eigenvalue weighted by Gasteiger charge is -2.09. The molecule has 20 heavy (non-hydrogen) atoms. The Hall–Kier alpha value is -1.82. The Labute approximate surface area is 124 Å². The molecule has 0 aliphatic heterocycles. The summed E-state index contributed by atoms with van der Waals surface area (Å²) in [5.41, 5.74) is 1.93. The molecule has 0 spiro atoms. The topological polar surface area (TPSA) is 51.5 Å². The molecule has 0 saturated heterocycles. The van der Waals surface area contributed by atoms with E-state index in [0.29, 0.717) is 22.3 Å². The van der Waals surface area contributed by atoms with E-state index in [1.165, 1.54) is 19.4 Å². The van der Waals surface area contributed by atoms with Crippen molar-refractivity contribution in [2.75, 3.05) is 12.4 Å². The van der Waals surface area contributed by atoms with Crippen molar-refractivity contribution in [1.29, 1.82) is 0 Å². The molecule has 0 aliphatic rings. The third-order valence-electron chi connectivity index (χ3n) is 2.80. The second-order valence-electron chi connectivity index (χ2n) is 4.23. The summed E-state index contributed by atoms with van der Waals surface area (Å²) in [6, 6.07) is 4.70. The van der Waals surface area contributed by atoms with Crippen LogP contribution in [0.3, 0.4) is 0 Å². The second-order valence-corrected chi connectivity index (χ2v) is 5.08. The molecule has 0 aliphatic carbocycles. The van der Waals surface area contributed by atoms with Crippen LogP contribution in [-0.4, -0.2) is 13.1 Å². The van der Waals surface area contributed by atoms with E-state index >= 15 is 0 Å². The Kier molecular flexibility index (Phi) is 4.44. The second kappa shape index (κ2) is 6.09. The molecule has 0 unspecified atom stereocenters. The Morgan fingerprint density at radius 1 is 1.45 bits per heavy atom. The molecule has 0 bridgehead atoms. The number of nitrogens with one attached hydrogen (secondary N) is 1. The van der Waals surface area contributed by atoms with Crippen LogP contribution >= 0.6 is 15.9 Å². The number of benzene rings is 1. The number of furan rings is 1. The summed E-state index contributed by atoms with van der Waals surface area (Å²) in [7, 11) is 1.31. The van der Waals surface area contributed by atoms with E-state index in [1.54, 1.807) is 19.1 Å². The van der Waals surface area contributed by atoms with E-state index in [-0.39, 0.29) is 5.82 Å². The van der Waals surface area contributed by atoms with Crippen molar-refractivity contribution in [2.45, 2.75) is 13.5 Å². The first-order valence-corrected chi connectivity index (χ1v) is 6.66. The summed E-state index contributed by atoms with van der Waals surface area (Å²) in [6.45, 7) is 2.19. The molecule has 0 fully saturated rings. The van der Waals surface area contributed by atoms with Crippen LogP contribution in [0.1, 0.15) is 21.7 Å². The Balaban J connectivity index is 2.07. The molecule has 1 aromatic heterocycles. The molecule has 1 N–H and O–H groups in total. The normalized spacial score (nSPS) is 10.4. The van der Waals surface area contributed by atoms with Crippen molar-refractivity contribution >= 4 is 27.6 Å². The van der Waals surface area contributed by atoms with Gasteiger partial charge in [0.15, 0.2) is 0 Å². The van der Waals surface area contributed by atoms with Crippen LogP contribution in [0, 0.1) is 12.7 Å². The van der Waals surface area contributed by atoms with Gasteiger partial charge in [-0.05, 0) is 46.6 Å². The molecule has 106 valence electrons. The Morgan fingerprint density at radius 3 is 2.90 bits per heavy atom. The predicted molar refractivity (Wildman–Crippen MR) is 76.2 cm³/mol. The van der Waals surface area contributed by atoms with E-state index in [9.17, 15) is 9.18 Å². The molecule has 2 rings (SSSR count). The zero-order valence-corrected chi connectivity index (χ0v) is 12.6. The number of methoxy groups -OCH3 is 1. The quantitative estimate of drug-likeness (QED) is 0.857. The van der Waals surface area contributed by atoms with E-state index in [2.05, 4.69) is 26.0 Å². The van der Waals surface area contributed by atoms with Gasteiger partial charge in [0.25, 0.3) is 0 Å². The third-order valence-corrected chi connectivity index (χ3v) is 3.40. The lowest BCUT2D eigenvalue weighted by molar-refractivity contribution is 0.0600. The lowest BCUT2D eigenvalue weighted by atomic mass is 10.2. The van der Waals surface area contributed by atoms with Gasteiger partial charge in [0.1, 0.15) is 17.8 Å². The highest BCUT2D eigenvalue weighted by molar-refractivity contribution is 9.10. The molecule has 2 aromatic rings. The predicted octanol–water partition coefficient (Wildman–Crippen LogP) is 3.89. The molecule has 1 heterocycles. The maximum absolute atomic E-state index is 13.3. The number of esters is 1. The first-order chi connectivity index (χ1) is 9.51. The fourth-order valence-electron chi connectivity index (χ4n) is 1.72. The van der Waals surface area contributed by atoms with E-state index in [1.807, 2.05) is 0 Å². The van der Waals surface area contributed by atoms with Crippen molar-refractivity contribution in [3.63, 3.8) is 0 Å². The zero-order valence-electron chi connectivity index (χ0n) is 11.0. The van der Waals surface area contributed by atoms with Gasteiger partial charge in [0, 0.05) is 5.69 Å². The fourth-order valence-corrected chi connectivity index (χ4v) is 2.06. The van der Waals surface area contributed by atoms with Gasteiger partial charge >= 0.3 is 5.97 Å². The number of hydrogen-bond acceptors (Lipinski definition) is 4. The average Bonchev–Trinajstić information content (AvgIpc) is 2.89. The minimum atomic E-state index is -0.444. The van der Waals surface area contributed by atoms with Gasteiger partial charge in [-0.1, -0.05) is 0 Å². The summed E-state index contributed by atoms with van der Waals surface area (Å²) >= 11 is 3.14. The van der Waals surface area contributed by atoms with Crippen molar-refractivity contribution in [3.05, 3.63) is 51.6 Å². The lowest BCUT2D eigenvalue weighted by Crippen LogP contribution is -2.01. The van der Waals surface area contributed by atoms with E-state index in [4.69, 9.17) is 4.42 Å². The van der Waals surface area contributed by atoms with Crippen LogP contribution in [0.25, 0.3) is 0 Å². The van der Waals surface area contributed by atoms with Crippen molar-refractivity contribution < 1.29 is 18.3 Å². The number of carbonyl (C=O) groups excluding carboxylic acids is 1. The van der Waals surface area contributed by atoms with Crippen molar-refractivity contribution in [1.82, 2.24) is 0 Å². The van der Waals surface area contributed by atoms with Crippen LogP contribution in [0.4, 0.5) is 10.1 Å². The van der Waals surface area contributed by atoms with Crippen LogP contribution in [0.2, 0.25) is 0 Å².